The first-order valence-electron chi connectivity index (χ1n) is 6.05. The Morgan fingerprint density at radius 2 is 2.06 bits per heavy atom. The van der Waals surface area contributed by atoms with Crippen molar-refractivity contribution in [3.8, 4) is 11.4 Å². The van der Waals surface area contributed by atoms with Crippen LogP contribution in [0.15, 0.2) is 49.1 Å². The Morgan fingerprint density at radius 1 is 1.18 bits per heavy atom. The molecule has 3 nitrogen and oxygen atoms in total. The van der Waals surface area contributed by atoms with Gasteiger partial charge in [-0.25, -0.2) is 4.98 Å². The normalized spacial score (nSPS) is 19.4. The first-order valence-corrected chi connectivity index (χ1v) is 6.05. The Balaban J connectivity index is 1.99. The van der Waals surface area contributed by atoms with Crippen LogP contribution in [0.1, 0.15) is 25.3 Å². The number of imidazole rings is 1. The van der Waals surface area contributed by atoms with E-state index >= 15 is 0 Å². The van der Waals surface area contributed by atoms with Crippen LogP contribution in [0, 0.1) is 0 Å². The van der Waals surface area contributed by atoms with Gasteiger partial charge >= 0.3 is 0 Å². The quantitative estimate of drug-likeness (QED) is 0.735. The maximum atomic E-state index is 4.46. The van der Waals surface area contributed by atoms with Crippen LogP contribution in [0.4, 0.5) is 0 Å². The minimum Gasteiger partial charge on any atom is -0.324 e. The highest BCUT2D eigenvalue weighted by Gasteiger charge is 2.14. The van der Waals surface area contributed by atoms with Crippen molar-refractivity contribution in [3.63, 3.8) is 0 Å². The van der Waals surface area contributed by atoms with Gasteiger partial charge in [-0.05, 0) is 31.4 Å². The summed E-state index contributed by atoms with van der Waals surface area (Å²) in [6.07, 6.45) is 15.8. The molecule has 3 rings (SSSR count). The fourth-order valence-corrected chi connectivity index (χ4v) is 2.33. The van der Waals surface area contributed by atoms with Gasteiger partial charge in [-0.15, -0.1) is 0 Å². The molecule has 2 heterocycles. The fraction of sp³-hybridized carbons (Fsp3) is 0.286. The molecule has 1 aliphatic rings. The Kier molecular flexibility index (Phi) is 2.74. The molecule has 17 heavy (non-hydrogen) atoms. The topological polar surface area (TPSA) is 30.7 Å². The molecule has 0 spiro atoms. The van der Waals surface area contributed by atoms with E-state index in [9.17, 15) is 0 Å². The Labute approximate surface area is 101 Å². The lowest BCUT2D eigenvalue weighted by Crippen LogP contribution is -2.09. The van der Waals surface area contributed by atoms with Crippen molar-refractivity contribution in [2.75, 3.05) is 0 Å². The van der Waals surface area contributed by atoms with Crippen LogP contribution in [0.5, 0.6) is 0 Å². The SMILES string of the molecule is C1=CC(n2ccnc2-c2ccncc2)CCC1. The smallest absolute Gasteiger partial charge is 0.140 e. The molecule has 1 unspecified atom stereocenters. The van der Waals surface area contributed by atoms with Gasteiger partial charge in [-0.1, -0.05) is 12.2 Å². The van der Waals surface area contributed by atoms with Crippen LogP contribution in [0.25, 0.3) is 11.4 Å². The van der Waals surface area contributed by atoms with Gasteiger partial charge in [-0.3, -0.25) is 4.98 Å². The third-order valence-corrected chi connectivity index (χ3v) is 3.19. The van der Waals surface area contributed by atoms with Gasteiger partial charge in [0.1, 0.15) is 5.82 Å². The van der Waals surface area contributed by atoms with Gasteiger partial charge in [0.25, 0.3) is 0 Å². The van der Waals surface area contributed by atoms with E-state index in [1.165, 1.54) is 19.3 Å². The molecule has 0 amide bonds. The van der Waals surface area contributed by atoms with Crippen molar-refractivity contribution in [1.82, 2.24) is 14.5 Å². The zero-order valence-electron chi connectivity index (χ0n) is 9.66. The lowest BCUT2D eigenvalue weighted by molar-refractivity contribution is 0.521. The fourth-order valence-electron chi connectivity index (χ4n) is 2.33. The molecule has 0 saturated carbocycles. The number of hydrogen-bond donors (Lipinski definition) is 0. The molecule has 0 saturated heterocycles. The minimum atomic E-state index is 0.453. The summed E-state index contributed by atoms with van der Waals surface area (Å²) in [5, 5.41) is 0. The average Bonchev–Trinajstić information content (AvgIpc) is 2.90. The second-order valence-corrected chi connectivity index (χ2v) is 4.32. The summed E-state index contributed by atoms with van der Waals surface area (Å²) >= 11 is 0. The Morgan fingerprint density at radius 3 is 2.82 bits per heavy atom. The van der Waals surface area contributed by atoms with Crippen LogP contribution in [0.2, 0.25) is 0 Å². The van der Waals surface area contributed by atoms with E-state index < -0.39 is 0 Å². The highest BCUT2D eigenvalue weighted by atomic mass is 15.1. The summed E-state index contributed by atoms with van der Waals surface area (Å²) < 4.78 is 2.25. The van der Waals surface area contributed by atoms with Gasteiger partial charge < -0.3 is 4.57 Å². The van der Waals surface area contributed by atoms with Gasteiger partial charge in [0.15, 0.2) is 0 Å². The molecule has 0 aromatic carbocycles. The number of allylic oxidation sites excluding steroid dienone is 2. The average molecular weight is 225 g/mol. The summed E-state index contributed by atoms with van der Waals surface area (Å²) in [6.45, 7) is 0. The Hall–Kier alpha value is -1.90. The predicted molar refractivity (Wildman–Crippen MR) is 67.5 cm³/mol. The van der Waals surface area contributed by atoms with E-state index in [4.69, 9.17) is 0 Å². The predicted octanol–water partition coefficient (Wildman–Crippen LogP) is 3.23. The van der Waals surface area contributed by atoms with E-state index in [1.807, 2.05) is 30.7 Å². The molecule has 0 N–H and O–H groups in total. The highest BCUT2D eigenvalue weighted by Crippen LogP contribution is 2.27. The number of rotatable bonds is 2. The van der Waals surface area contributed by atoms with Gasteiger partial charge in [0, 0.05) is 30.4 Å². The van der Waals surface area contributed by atoms with Gasteiger partial charge in [-0.2, -0.15) is 0 Å². The van der Waals surface area contributed by atoms with Crippen molar-refractivity contribution < 1.29 is 0 Å². The number of pyridine rings is 1. The van der Waals surface area contributed by atoms with E-state index in [0.29, 0.717) is 6.04 Å². The zero-order chi connectivity index (χ0) is 11.5. The number of nitrogens with zero attached hydrogens (tertiary/aromatic N) is 3. The maximum absolute atomic E-state index is 4.46. The monoisotopic (exact) mass is 225 g/mol. The van der Waals surface area contributed by atoms with Crippen LogP contribution in [0.3, 0.4) is 0 Å². The molecule has 86 valence electrons. The van der Waals surface area contributed by atoms with Crippen molar-refractivity contribution >= 4 is 0 Å². The number of hydrogen-bond acceptors (Lipinski definition) is 2. The van der Waals surface area contributed by atoms with Crippen molar-refractivity contribution in [3.05, 3.63) is 49.1 Å². The van der Waals surface area contributed by atoms with E-state index in [0.717, 1.165) is 11.4 Å². The first kappa shape index (κ1) is 10.3. The van der Waals surface area contributed by atoms with Crippen molar-refractivity contribution in [1.29, 1.82) is 0 Å². The minimum absolute atomic E-state index is 0.453. The van der Waals surface area contributed by atoms with Gasteiger partial charge in [0.2, 0.25) is 0 Å². The summed E-state index contributed by atoms with van der Waals surface area (Å²) in [5.41, 5.74) is 1.13. The molecule has 1 atom stereocenters. The number of aromatic nitrogens is 3. The zero-order valence-corrected chi connectivity index (χ0v) is 9.66. The van der Waals surface area contributed by atoms with Gasteiger partial charge in [0.05, 0.1) is 6.04 Å². The Bertz CT molecular complexity index is 513. The summed E-state index contributed by atoms with van der Waals surface area (Å²) in [7, 11) is 0. The standard InChI is InChI=1S/C14H15N3/c1-2-4-13(5-3-1)17-11-10-16-14(17)12-6-8-15-9-7-12/h2,4,6-11,13H,1,3,5H2. The molecule has 2 aromatic rings. The maximum Gasteiger partial charge on any atom is 0.140 e. The molecular weight excluding hydrogens is 210 g/mol. The molecule has 0 radical (unpaired) electrons. The van der Waals surface area contributed by atoms with Crippen LogP contribution in [-0.2, 0) is 0 Å². The molecule has 0 fully saturated rings. The third-order valence-electron chi connectivity index (χ3n) is 3.19. The second-order valence-electron chi connectivity index (χ2n) is 4.32. The lowest BCUT2D eigenvalue weighted by Gasteiger charge is -2.20. The highest BCUT2D eigenvalue weighted by molar-refractivity contribution is 5.54. The van der Waals surface area contributed by atoms with E-state index in [1.54, 1.807) is 0 Å². The van der Waals surface area contributed by atoms with Crippen molar-refractivity contribution in [2.24, 2.45) is 0 Å². The molecule has 1 aliphatic carbocycles. The summed E-state index contributed by atoms with van der Waals surface area (Å²) in [4.78, 5) is 8.51. The molecule has 2 aromatic heterocycles. The summed E-state index contributed by atoms with van der Waals surface area (Å²) in [5.74, 6) is 1.03. The van der Waals surface area contributed by atoms with E-state index in [-0.39, 0.29) is 0 Å². The van der Waals surface area contributed by atoms with Crippen LogP contribution >= 0.6 is 0 Å². The second kappa shape index (κ2) is 4.53. The first-order chi connectivity index (χ1) is 8.45. The largest absolute Gasteiger partial charge is 0.324 e. The summed E-state index contributed by atoms with van der Waals surface area (Å²) in [6, 6.07) is 4.46. The van der Waals surface area contributed by atoms with Crippen molar-refractivity contribution in [2.45, 2.75) is 25.3 Å². The molecular formula is C14H15N3. The lowest BCUT2D eigenvalue weighted by atomic mass is 10.0. The van der Waals surface area contributed by atoms with Crippen LogP contribution < -0.4 is 0 Å². The molecule has 3 heteroatoms. The van der Waals surface area contributed by atoms with Crippen LogP contribution in [-0.4, -0.2) is 14.5 Å². The van der Waals surface area contributed by atoms with E-state index in [2.05, 4.69) is 32.9 Å². The molecule has 0 bridgehead atoms. The third kappa shape index (κ3) is 2.00. The molecule has 0 aliphatic heterocycles.